The van der Waals surface area contributed by atoms with Crippen LogP contribution in [0.25, 0.3) is 0 Å². The van der Waals surface area contributed by atoms with E-state index in [1.807, 2.05) is 25.4 Å². The Bertz CT molecular complexity index is 476. The molecule has 17 heavy (non-hydrogen) atoms. The molecule has 0 amide bonds. The summed E-state index contributed by atoms with van der Waals surface area (Å²) in [6.45, 7) is 6.30. The van der Waals surface area contributed by atoms with Crippen molar-refractivity contribution in [3.8, 4) is 0 Å². The predicted molar refractivity (Wildman–Crippen MR) is 72.5 cm³/mol. The number of rotatable bonds is 4. The van der Waals surface area contributed by atoms with Crippen molar-refractivity contribution in [2.75, 3.05) is 5.32 Å². The molecular weight excluding hydrogens is 230 g/mol. The number of pyridine rings is 1. The number of nitrogens with one attached hydrogen (secondary N) is 1. The fourth-order valence-corrected chi connectivity index (χ4v) is 2.38. The van der Waals surface area contributed by atoms with Crippen LogP contribution >= 0.6 is 11.3 Å². The van der Waals surface area contributed by atoms with E-state index in [0.717, 1.165) is 17.2 Å². The molecule has 0 aromatic carbocycles. The van der Waals surface area contributed by atoms with Gasteiger partial charge in [-0.1, -0.05) is 13.0 Å². The summed E-state index contributed by atoms with van der Waals surface area (Å²) in [4.78, 5) is 10.1. The first kappa shape index (κ1) is 12.0. The normalized spacial score (nSPS) is 12.4. The zero-order chi connectivity index (χ0) is 12.3. The van der Waals surface area contributed by atoms with Crippen molar-refractivity contribution in [2.45, 2.75) is 33.2 Å². The van der Waals surface area contributed by atoms with Gasteiger partial charge in [0.05, 0.1) is 6.04 Å². The third kappa shape index (κ3) is 3.03. The number of aryl methyl sites for hydroxylation is 2. The summed E-state index contributed by atoms with van der Waals surface area (Å²) in [7, 11) is 0. The number of aromatic nitrogens is 2. The van der Waals surface area contributed by atoms with Crippen molar-refractivity contribution in [3.05, 3.63) is 40.0 Å². The maximum absolute atomic E-state index is 4.43. The van der Waals surface area contributed by atoms with Crippen molar-refractivity contribution < 1.29 is 0 Å². The summed E-state index contributed by atoms with van der Waals surface area (Å²) in [5.41, 5.74) is 1.17. The Hall–Kier alpha value is -1.42. The minimum atomic E-state index is 0.204. The third-order valence-corrected chi connectivity index (χ3v) is 3.89. The van der Waals surface area contributed by atoms with E-state index in [1.54, 1.807) is 11.3 Å². The molecular formula is C13H17N3S. The van der Waals surface area contributed by atoms with Gasteiger partial charge in [0.15, 0.2) is 0 Å². The molecule has 2 heterocycles. The number of hydrogen-bond donors (Lipinski definition) is 1. The maximum atomic E-state index is 4.43. The summed E-state index contributed by atoms with van der Waals surface area (Å²) >= 11 is 1.76. The van der Waals surface area contributed by atoms with Crippen molar-refractivity contribution in [2.24, 2.45) is 0 Å². The molecule has 90 valence electrons. The molecule has 0 saturated heterocycles. The van der Waals surface area contributed by atoms with Gasteiger partial charge in [-0.2, -0.15) is 0 Å². The predicted octanol–water partition coefficient (Wildman–Crippen LogP) is 3.58. The number of thiazole rings is 1. The second kappa shape index (κ2) is 5.27. The molecule has 2 aromatic heterocycles. The molecule has 3 nitrogen and oxygen atoms in total. The lowest BCUT2D eigenvalue weighted by molar-refractivity contribution is 0.860. The molecule has 2 aromatic rings. The SMILES string of the molecule is CCc1cnc(C(C)Nc2ccc(C)cn2)s1. The molecule has 0 aliphatic rings. The molecule has 4 heteroatoms. The molecule has 0 aliphatic heterocycles. The second-order valence-corrected chi connectivity index (χ2v) is 5.25. The van der Waals surface area contributed by atoms with Gasteiger partial charge >= 0.3 is 0 Å². The average Bonchev–Trinajstić information content (AvgIpc) is 2.81. The van der Waals surface area contributed by atoms with Crippen LogP contribution < -0.4 is 5.32 Å². The Morgan fingerprint density at radius 1 is 1.29 bits per heavy atom. The van der Waals surface area contributed by atoms with Crippen LogP contribution in [0.1, 0.15) is 35.3 Å². The molecule has 0 bridgehead atoms. The Kier molecular flexibility index (Phi) is 3.74. The van der Waals surface area contributed by atoms with Gasteiger partial charge in [0, 0.05) is 17.3 Å². The molecule has 0 aliphatic carbocycles. The van der Waals surface area contributed by atoms with Gasteiger partial charge in [-0.05, 0) is 31.9 Å². The fraction of sp³-hybridized carbons (Fsp3) is 0.385. The molecule has 0 radical (unpaired) electrons. The minimum absolute atomic E-state index is 0.204. The molecule has 0 fully saturated rings. The number of nitrogens with zero attached hydrogens (tertiary/aromatic N) is 2. The van der Waals surface area contributed by atoms with Crippen molar-refractivity contribution in [1.29, 1.82) is 0 Å². The van der Waals surface area contributed by atoms with Gasteiger partial charge in [0.1, 0.15) is 10.8 Å². The molecule has 2 rings (SSSR count). The first-order valence-corrected chi connectivity index (χ1v) is 6.64. The molecule has 0 saturated carbocycles. The van der Waals surface area contributed by atoms with Crippen molar-refractivity contribution in [1.82, 2.24) is 9.97 Å². The quantitative estimate of drug-likeness (QED) is 0.897. The van der Waals surface area contributed by atoms with Crippen LogP contribution in [0, 0.1) is 6.92 Å². The van der Waals surface area contributed by atoms with Gasteiger partial charge < -0.3 is 5.32 Å². The monoisotopic (exact) mass is 247 g/mol. The van der Waals surface area contributed by atoms with E-state index in [2.05, 4.69) is 35.2 Å². The van der Waals surface area contributed by atoms with Crippen LogP contribution in [-0.2, 0) is 6.42 Å². The standard InChI is InChI=1S/C13H17N3S/c1-4-11-8-15-13(17-11)10(3)16-12-6-5-9(2)7-14-12/h5-8,10H,4H2,1-3H3,(H,14,16). The molecule has 1 atom stereocenters. The van der Waals surface area contributed by atoms with E-state index >= 15 is 0 Å². The fourth-order valence-electron chi connectivity index (χ4n) is 1.52. The summed E-state index contributed by atoms with van der Waals surface area (Å²) in [5.74, 6) is 0.899. The number of anilines is 1. The molecule has 1 N–H and O–H groups in total. The lowest BCUT2D eigenvalue weighted by atomic mass is 10.3. The first-order chi connectivity index (χ1) is 8.19. The van der Waals surface area contributed by atoms with Gasteiger partial charge in [-0.15, -0.1) is 11.3 Å². The Morgan fingerprint density at radius 2 is 2.12 bits per heavy atom. The van der Waals surface area contributed by atoms with Gasteiger partial charge in [-0.3, -0.25) is 0 Å². The first-order valence-electron chi connectivity index (χ1n) is 5.83. The smallest absolute Gasteiger partial charge is 0.126 e. The summed E-state index contributed by atoms with van der Waals surface area (Å²) < 4.78 is 0. The minimum Gasteiger partial charge on any atom is -0.361 e. The highest BCUT2D eigenvalue weighted by molar-refractivity contribution is 7.11. The van der Waals surface area contributed by atoms with Crippen LogP contribution in [0.5, 0.6) is 0 Å². The van der Waals surface area contributed by atoms with Crippen LogP contribution in [0.3, 0.4) is 0 Å². The molecule has 1 unspecified atom stereocenters. The van der Waals surface area contributed by atoms with E-state index < -0.39 is 0 Å². The van der Waals surface area contributed by atoms with Crippen LogP contribution in [0.2, 0.25) is 0 Å². The summed E-state index contributed by atoms with van der Waals surface area (Å²) in [6, 6.07) is 4.26. The Labute approximate surface area is 106 Å². The zero-order valence-electron chi connectivity index (χ0n) is 10.4. The topological polar surface area (TPSA) is 37.8 Å². The number of hydrogen-bond acceptors (Lipinski definition) is 4. The molecule has 0 spiro atoms. The highest BCUT2D eigenvalue weighted by Crippen LogP contribution is 2.23. The zero-order valence-corrected chi connectivity index (χ0v) is 11.2. The summed E-state index contributed by atoms with van der Waals surface area (Å²) in [6.07, 6.45) is 4.88. The Balaban J connectivity index is 2.05. The highest BCUT2D eigenvalue weighted by atomic mass is 32.1. The van der Waals surface area contributed by atoms with Crippen molar-refractivity contribution in [3.63, 3.8) is 0 Å². The maximum Gasteiger partial charge on any atom is 0.126 e. The van der Waals surface area contributed by atoms with Crippen molar-refractivity contribution >= 4 is 17.2 Å². The van der Waals surface area contributed by atoms with E-state index in [-0.39, 0.29) is 6.04 Å². The van der Waals surface area contributed by atoms with Gasteiger partial charge in [0.2, 0.25) is 0 Å². The van der Waals surface area contributed by atoms with E-state index in [0.29, 0.717) is 0 Å². The van der Waals surface area contributed by atoms with Crippen LogP contribution in [0.4, 0.5) is 5.82 Å². The van der Waals surface area contributed by atoms with Crippen LogP contribution in [0.15, 0.2) is 24.5 Å². The average molecular weight is 247 g/mol. The van der Waals surface area contributed by atoms with E-state index in [9.17, 15) is 0 Å². The van der Waals surface area contributed by atoms with Gasteiger partial charge in [-0.25, -0.2) is 9.97 Å². The third-order valence-electron chi connectivity index (χ3n) is 2.57. The lowest BCUT2D eigenvalue weighted by Gasteiger charge is -2.11. The second-order valence-electron chi connectivity index (χ2n) is 4.11. The lowest BCUT2D eigenvalue weighted by Crippen LogP contribution is -2.07. The highest BCUT2D eigenvalue weighted by Gasteiger charge is 2.10. The Morgan fingerprint density at radius 3 is 2.71 bits per heavy atom. The van der Waals surface area contributed by atoms with Gasteiger partial charge in [0.25, 0.3) is 0 Å². The van der Waals surface area contributed by atoms with E-state index in [1.165, 1.54) is 10.4 Å². The van der Waals surface area contributed by atoms with Crippen LogP contribution in [-0.4, -0.2) is 9.97 Å². The largest absolute Gasteiger partial charge is 0.361 e. The summed E-state index contributed by atoms with van der Waals surface area (Å²) in [5, 5.41) is 4.47. The van der Waals surface area contributed by atoms with E-state index in [4.69, 9.17) is 0 Å².